The maximum atomic E-state index is 13.1. The highest BCUT2D eigenvalue weighted by Gasteiger charge is 2.33. The number of hydrogen-bond donors (Lipinski definition) is 3. The van der Waals surface area contributed by atoms with Gasteiger partial charge in [0.05, 0.1) is 22.8 Å². The molecule has 13 heteroatoms. The van der Waals surface area contributed by atoms with Crippen LogP contribution >= 0.6 is 35.3 Å². The lowest BCUT2D eigenvalue weighted by Crippen LogP contribution is -2.61. The van der Waals surface area contributed by atoms with Gasteiger partial charge < -0.3 is 20.9 Å². The van der Waals surface area contributed by atoms with Gasteiger partial charge in [0.1, 0.15) is 5.82 Å². The Kier molecular flexibility index (Phi) is 9.80. The van der Waals surface area contributed by atoms with Crippen LogP contribution in [0.25, 0.3) is 0 Å². The Morgan fingerprint density at radius 1 is 1.22 bits per heavy atom. The molecule has 2 atom stereocenters. The van der Waals surface area contributed by atoms with Gasteiger partial charge in [0, 0.05) is 50.2 Å². The van der Waals surface area contributed by atoms with E-state index in [0.29, 0.717) is 36.1 Å². The summed E-state index contributed by atoms with van der Waals surface area (Å²) in [6.45, 7) is 7.36. The molecule has 1 saturated heterocycles. The molecule has 4 heterocycles. The number of likely N-dealkylation sites (tertiary alicyclic amines) is 1. The van der Waals surface area contributed by atoms with Gasteiger partial charge in [-0.25, -0.2) is 9.97 Å². The van der Waals surface area contributed by atoms with E-state index in [0.717, 1.165) is 30.1 Å². The Morgan fingerprint density at radius 3 is 2.75 bits per heavy atom. The van der Waals surface area contributed by atoms with Crippen molar-refractivity contribution in [3.05, 3.63) is 51.6 Å². The molecule has 0 radical (unpaired) electrons. The number of fused-ring (bicyclic) bond motifs is 1. The number of aromatic nitrogens is 2. The van der Waals surface area contributed by atoms with Crippen LogP contribution in [0.3, 0.4) is 0 Å². The van der Waals surface area contributed by atoms with Gasteiger partial charge in [-0.2, -0.15) is 0 Å². The summed E-state index contributed by atoms with van der Waals surface area (Å²) in [6.07, 6.45) is 4.57. The van der Waals surface area contributed by atoms with Crippen molar-refractivity contribution in [2.75, 3.05) is 38.5 Å². The molecule has 0 aromatic carbocycles. The minimum absolute atomic E-state index is 0. The molecular weight excluding hydrogens is 525 g/mol. The fourth-order valence-corrected chi connectivity index (χ4v) is 5.40. The predicted octanol–water partition coefficient (Wildman–Crippen LogP) is 1.71. The number of amides is 3. The van der Waals surface area contributed by atoms with Gasteiger partial charge in [-0.15, -0.1) is 30.3 Å². The van der Waals surface area contributed by atoms with Gasteiger partial charge in [0.2, 0.25) is 0 Å². The van der Waals surface area contributed by atoms with E-state index < -0.39 is 23.9 Å². The number of likely N-dealkylation sites (N-methyl/N-ethyl adjacent to an activating group) is 1. The molecule has 0 spiro atoms. The molecule has 0 bridgehead atoms. The molecule has 10 nitrogen and oxygen atoms in total. The first kappa shape index (κ1) is 28.0. The average molecular weight is 555 g/mol. The first-order valence-electron chi connectivity index (χ1n) is 11.4. The lowest BCUT2D eigenvalue weighted by molar-refractivity contribution is -0.137. The summed E-state index contributed by atoms with van der Waals surface area (Å²) in [7, 11) is 2.05. The Hall–Kier alpha value is -2.57. The van der Waals surface area contributed by atoms with Crippen molar-refractivity contribution in [2.24, 2.45) is 0 Å². The highest BCUT2D eigenvalue weighted by molar-refractivity contribution is 7.13. The normalized spacial score (nSPS) is 19.9. The maximum Gasteiger partial charge on any atom is 0.314 e. The second-order valence-electron chi connectivity index (χ2n) is 8.69. The monoisotopic (exact) mass is 553 g/mol. The highest BCUT2D eigenvalue weighted by Crippen LogP contribution is 2.25. The van der Waals surface area contributed by atoms with Crippen LogP contribution in [0.5, 0.6) is 0 Å². The van der Waals surface area contributed by atoms with E-state index in [1.54, 1.807) is 12.1 Å². The third-order valence-corrected chi connectivity index (χ3v) is 7.31. The molecular formula is C23H29Cl2N7O3S. The molecule has 4 rings (SSSR count). The predicted molar refractivity (Wildman–Crippen MR) is 142 cm³/mol. The summed E-state index contributed by atoms with van der Waals surface area (Å²) in [5.74, 6) is -1.68. The van der Waals surface area contributed by atoms with Gasteiger partial charge in [0.25, 0.3) is 5.91 Å². The maximum absolute atomic E-state index is 13.1. The van der Waals surface area contributed by atoms with Crippen LogP contribution in [0.1, 0.15) is 26.8 Å². The summed E-state index contributed by atoms with van der Waals surface area (Å²) >= 11 is 7.21. The minimum atomic E-state index is -0.838. The largest absolute Gasteiger partial charge is 0.344 e. The third-order valence-electron chi connectivity index (χ3n) is 6.01. The molecule has 2 aliphatic rings. The van der Waals surface area contributed by atoms with Crippen LogP contribution in [0.4, 0.5) is 5.82 Å². The molecule has 36 heavy (non-hydrogen) atoms. The number of rotatable bonds is 6. The molecule has 0 unspecified atom stereocenters. The first-order chi connectivity index (χ1) is 16.8. The van der Waals surface area contributed by atoms with Crippen molar-refractivity contribution in [1.82, 2.24) is 30.4 Å². The number of halogens is 2. The minimum Gasteiger partial charge on any atom is -0.344 e. The zero-order valence-electron chi connectivity index (χ0n) is 19.8. The van der Waals surface area contributed by atoms with Crippen molar-refractivity contribution in [1.29, 1.82) is 0 Å². The lowest BCUT2D eigenvalue weighted by Gasteiger charge is -2.38. The van der Waals surface area contributed by atoms with Crippen LogP contribution < -0.4 is 16.0 Å². The molecule has 1 fully saturated rings. The lowest BCUT2D eigenvalue weighted by atomic mass is 9.98. The van der Waals surface area contributed by atoms with Crippen LogP contribution in [-0.4, -0.2) is 82.8 Å². The Bertz CT molecular complexity index is 1110. The summed E-state index contributed by atoms with van der Waals surface area (Å²) in [6, 6.07) is 2.26. The Labute approximate surface area is 224 Å². The van der Waals surface area contributed by atoms with Crippen LogP contribution in [0.15, 0.2) is 31.0 Å². The summed E-state index contributed by atoms with van der Waals surface area (Å²) in [5.41, 5.74) is 0.979. The number of carbonyl (C=O) groups is 3. The summed E-state index contributed by atoms with van der Waals surface area (Å²) < 4.78 is 0. The molecule has 3 N–H and O–H groups in total. The molecule has 2 aliphatic heterocycles. The second-order valence-corrected chi connectivity index (χ2v) is 10.2. The van der Waals surface area contributed by atoms with E-state index in [4.69, 9.17) is 11.6 Å². The van der Waals surface area contributed by atoms with Crippen molar-refractivity contribution in [3.8, 4) is 0 Å². The molecule has 0 saturated carbocycles. The Morgan fingerprint density at radius 2 is 2.03 bits per heavy atom. The van der Waals surface area contributed by atoms with E-state index in [1.165, 1.54) is 23.6 Å². The van der Waals surface area contributed by atoms with Crippen LogP contribution in [-0.2, 0) is 22.6 Å². The van der Waals surface area contributed by atoms with Crippen molar-refractivity contribution >= 4 is 58.9 Å². The topological polar surface area (TPSA) is 120 Å². The zero-order valence-corrected chi connectivity index (χ0v) is 22.2. The average Bonchev–Trinajstić information content (AvgIpc) is 3.25. The summed E-state index contributed by atoms with van der Waals surface area (Å²) in [4.78, 5) is 52.1. The molecule has 0 aliphatic carbocycles. The fourth-order valence-electron chi connectivity index (χ4n) is 4.19. The summed E-state index contributed by atoms with van der Waals surface area (Å²) in [5, 5.41) is 9.12. The molecule has 2 aromatic rings. The van der Waals surface area contributed by atoms with Gasteiger partial charge in [-0.05, 0) is 25.6 Å². The van der Waals surface area contributed by atoms with E-state index >= 15 is 0 Å². The zero-order chi connectivity index (χ0) is 24.9. The van der Waals surface area contributed by atoms with Crippen molar-refractivity contribution < 1.29 is 14.4 Å². The number of pyridine rings is 1. The standard InChI is InChI=1S/C23H28ClN7O3S.ClH/c1-3-8-31-10-7-15(26-20(32)21(33)29-19-5-4-14(24)11-25-19)17(12-31)27-22(34)23-28-16-6-9-30(2)13-18(16)35-23;/h3-5,11,15,17H,1,6-10,12-13H2,2H3,(H,26,32)(H,27,34)(H,25,29,33);1H/t15-,17+;/m0./s1. The molecule has 3 amide bonds. The Balaban J connectivity index is 0.00000361. The van der Waals surface area contributed by atoms with E-state index in [9.17, 15) is 14.4 Å². The fraction of sp³-hybridized carbons (Fsp3) is 0.435. The number of piperidine rings is 1. The number of carbonyl (C=O) groups excluding carboxylic acids is 3. The quantitative estimate of drug-likeness (QED) is 0.368. The number of nitrogens with zero attached hydrogens (tertiary/aromatic N) is 4. The van der Waals surface area contributed by atoms with E-state index in [2.05, 4.69) is 42.3 Å². The molecule has 194 valence electrons. The van der Waals surface area contributed by atoms with Gasteiger partial charge >= 0.3 is 11.8 Å². The van der Waals surface area contributed by atoms with Gasteiger partial charge in [-0.3, -0.25) is 19.3 Å². The van der Waals surface area contributed by atoms with E-state index in [1.807, 2.05) is 7.05 Å². The van der Waals surface area contributed by atoms with Crippen molar-refractivity contribution in [3.63, 3.8) is 0 Å². The SMILES string of the molecule is C=CCN1CC[C@H](NC(=O)C(=O)Nc2ccc(Cl)cn2)[C@H](NC(=O)c2nc3c(s2)CN(C)CC3)C1.Cl. The smallest absolute Gasteiger partial charge is 0.314 e. The third kappa shape index (κ3) is 7.01. The first-order valence-corrected chi connectivity index (χ1v) is 12.6. The molecule has 2 aromatic heterocycles. The second kappa shape index (κ2) is 12.6. The number of anilines is 1. The van der Waals surface area contributed by atoms with Crippen LogP contribution in [0, 0.1) is 0 Å². The highest BCUT2D eigenvalue weighted by atomic mass is 35.5. The van der Waals surface area contributed by atoms with Gasteiger partial charge in [0.15, 0.2) is 5.01 Å². The number of thiazole rings is 1. The number of hydrogen-bond acceptors (Lipinski definition) is 8. The van der Waals surface area contributed by atoms with E-state index in [-0.39, 0.29) is 24.1 Å². The van der Waals surface area contributed by atoms with Crippen molar-refractivity contribution in [2.45, 2.75) is 31.5 Å². The van der Waals surface area contributed by atoms with Gasteiger partial charge in [-0.1, -0.05) is 17.7 Å². The van der Waals surface area contributed by atoms with Crippen LogP contribution in [0.2, 0.25) is 5.02 Å². The number of nitrogens with one attached hydrogen (secondary N) is 3.